The molecule has 0 fully saturated rings. The first-order valence-electron chi connectivity index (χ1n) is 6.66. The summed E-state index contributed by atoms with van der Waals surface area (Å²) in [5.74, 6) is 0.413. The summed E-state index contributed by atoms with van der Waals surface area (Å²) in [5.41, 5.74) is 1.84. The molecule has 4 nitrogen and oxygen atoms in total. The van der Waals surface area contributed by atoms with E-state index in [0.29, 0.717) is 15.9 Å². The number of aromatic nitrogens is 1. The summed E-state index contributed by atoms with van der Waals surface area (Å²) >= 11 is 7.42. The monoisotopic (exact) mass is 332 g/mol. The summed E-state index contributed by atoms with van der Waals surface area (Å²) < 4.78 is 6.35. The third kappa shape index (κ3) is 3.37. The quantitative estimate of drug-likeness (QED) is 0.776. The van der Waals surface area contributed by atoms with Crippen LogP contribution in [-0.2, 0) is 4.79 Å². The number of carbonyl (C=O) groups is 1. The molecule has 1 N–H and O–H groups in total. The van der Waals surface area contributed by atoms with E-state index in [0.717, 1.165) is 15.8 Å². The first-order valence-corrected chi connectivity index (χ1v) is 7.85. The fourth-order valence-electron chi connectivity index (χ4n) is 2.03. The largest absolute Gasteiger partial charge is 0.484 e. The Bertz CT molecular complexity index is 818. The van der Waals surface area contributed by atoms with Crippen LogP contribution in [-0.4, -0.2) is 17.5 Å². The molecule has 0 aliphatic carbocycles. The molecule has 6 heteroatoms. The fraction of sp³-hybridized carbons (Fsp3) is 0.125. The lowest BCUT2D eigenvalue weighted by Gasteiger charge is -2.04. The summed E-state index contributed by atoms with van der Waals surface area (Å²) in [6.45, 7) is 1.89. The molecule has 0 saturated heterocycles. The van der Waals surface area contributed by atoms with E-state index in [1.807, 2.05) is 37.3 Å². The number of hydrogen-bond acceptors (Lipinski definition) is 4. The number of thiazole rings is 1. The highest BCUT2D eigenvalue weighted by Crippen LogP contribution is 2.30. The van der Waals surface area contributed by atoms with Crippen LogP contribution < -0.4 is 10.1 Å². The standard InChI is InChI=1S/C16H13ClN2O2S/c1-10-7-11(17)8-13-15(10)19-16(22-13)18-14(20)9-21-12-5-3-2-4-6-12/h2-8H,9H2,1H3,(H,18,19,20). The summed E-state index contributed by atoms with van der Waals surface area (Å²) in [5, 5.41) is 3.96. The number of para-hydroxylation sites is 1. The molecule has 0 atom stereocenters. The number of nitrogens with zero attached hydrogens (tertiary/aromatic N) is 1. The summed E-state index contributed by atoms with van der Waals surface area (Å²) in [6, 6.07) is 12.9. The predicted octanol–water partition coefficient (Wildman–Crippen LogP) is 4.28. The Labute approximate surface area is 136 Å². The molecule has 0 unspecified atom stereocenters. The lowest BCUT2D eigenvalue weighted by molar-refractivity contribution is -0.118. The van der Waals surface area contributed by atoms with E-state index in [1.54, 1.807) is 12.1 Å². The number of aryl methyl sites for hydroxylation is 1. The number of halogens is 1. The van der Waals surface area contributed by atoms with Gasteiger partial charge in [-0.15, -0.1) is 0 Å². The number of benzene rings is 2. The highest BCUT2D eigenvalue weighted by Gasteiger charge is 2.10. The van der Waals surface area contributed by atoms with Crippen molar-refractivity contribution in [3.05, 3.63) is 53.1 Å². The van der Waals surface area contributed by atoms with E-state index in [2.05, 4.69) is 10.3 Å². The van der Waals surface area contributed by atoms with Gasteiger partial charge in [0.05, 0.1) is 10.2 Å². The van der Waals surface area contributed by atoms with Crippen LogP contribution in [0.15, 0.2) is 42.5 Å². The Morgan fingerprint density at radius 1 is 1.32 bits per heavy atom. The third-order valence-electron chi connectivity index (χ3n) is 3.01. The number of carbonyl (C=O) groups excluding carboxylic acids is 1. The van der Waals surface area contributed by atoms with Gasteiger partial charge in [-0.3, -0.25) is 10.1 Å². The molecule has 0 spiro atoms. The van der Waals surface area contributed by atoms with E-state index in [1.165, 1.54) is 11.3 Å². The summed E-state index contributed by atoms with van der Waals surface area (Å²) in [6.07, 6.45) is 0. The van der Waals surface area contributed by atoms with Crippen LogP contribution in [0.1, 0.15) is 5.56 Å². The Hall–Kier alpha value is -2.11. The normalized spacial score (nSPS) is 10.6. The molecule has 3 rings (SSSR count). The Morgan fingerprint density at radius 2 is 2.09 bits per heavy atom. The van der Waals surface area contributed by atoms with Crippen molar-refractivity contribution in [1.29, 1.82) is 0 Å². The van der Waals surface area contributed by atoms with Gasteiger partial charge in [0.25, 0.3) is 5.91 Å². The molecule has 112 valence electrons. The molecule has 0 saturated carbocycles. The van der Waals surface area contributed by atoms with Crippen molar-refractivity contribution in [1.82, 2.24) is 4.98 Å². The minimum atomic E-state index is -0.244. The van der Waals surface area contributed by atoms with Crippen molar-refractivity contribution in [2.45, 2.75) is 6.92 Å². The maximum absolute atomic E-state index is 11.9. The number of anilines is 1. The van der Waals surface area contributed by atoms with Crippen molar-refractivity contribution >= 4 is 44.2 Å². The molecule has 0 aliphatic heterocycles. The molecule has 0 aliphatic rings. The fourth-order valence-corrected chi connectivity index (χ4v) is 3.37. The molecule has 3 aromatic rings. The number of hydrogen-bond donors (Lipinski definition) is 1. The average Bonchev–Trinajstić information content (AvgIpc) is 2.89. The highest BCUT2D eigenvalue weighted by atomic mass is 35.5. The van der Waals surface area contributed by atoms with Crippen molar-refractivity contribution in [3.63, 3.8) is 0 Å². The van der Waals surface area contributed by atoms with Gasteiger partial charge in [-0.1, -0.05) is 41.1 Å². The Balaban J connectivity index is 1.68. The minimum absolute atomic E-state index is 0.0559. The topological polar surface area (TPSA) is 51.2 Å². The zero-order chi connectivity index (χ0) is 15.5. The number of nitrogens with one attached hydrogen (secondary N) is 1. The second-order valence-electron chi connectivity index (χ2n) is 4.74. The molecule has 0 bridgehead atoms. The van der Waals surface area contributed by atoms with E-state index in [4.69, 9.17) is 16.3 Å². The predicted molar refractivity (Wildman–Crippen MR) is 89.9 cm³/mol. The number of fused-ring (bicyclic) bond motifs is 1. The van der Waals surface area contributed by atoms with Crippen LogP contribution in [0.25, 0.3) is 10.2 Å². The van der Waals surface area contributed by atoms with E-state index in [9.17, 15) is 4.79 Å². The molecular formula is C16H13ClN2O2S. The van der Waals surface area contributed by atoms with Crippen LogP contribution in [0.5, 0.6) is 5.75 Å². The maximum Gasteiger partial charge on any atom is 0.264 e. The average molecular weight is 333 g/mol. The van der Waals surface area contributed by atoms with Crippen LogP contribution >= 0.6 is 22.9 Å². The molecule has 0 radical (unpaired) electrons. The molecule has 1 heterocycles. The molecule has 1 amide bonds. The van der Waals surface area contributed by atoms with Crippen molar-refractivity contribution in [2.75, 3.05) is 11.9 Å². The Kier molecular flexibility index (Phi) is 4.27. The number of amides is 1. The van der Waals surface area contributed by atoms with Gasteiger partial charge in [0.2, 0.25) is 0 Å². The van der Waals surface area contributed by atoms with Gasteiger partial charge in [-0.05, 0) is 36.8 Å². The first-order chi connectivity index (χ1) is 10.6. The lowest BCUT2D eigenvalue weighted by atomic mass is 10.2. The van der Waals surface area contributed by atoms with Gasteiger partial charge in [-0.2, -0.15) is 0 Å². The van der Waals surface area contributed by atoms with Crippen molar-refractivity contribution < 1.29 is 9.53 Å². The molecule has 22 heavy (non-hydrogen) atoms. The smallest absolute Gasteiger partial charge is 0.264 e. The van der Waals surface area contributed by atoms with Gasteiger partial charge >= 0.3 is 0 Å². The highest BCUT2D eigenvalue weighted by molar-refractivity contribution is 7.22. The van der Waals surface area contributed by atoms with Gasteiger partial charge < -0.3 is 4.74 Å². The third-order valence-corrected chi connectivity index (χ3v) is 4.15. The second-order valence-corrected chi connectivity index (χ2v) is 6.21. The van der Waals surface area contributed by atoms with Gasteiger partial charge in [0.1, 0.15) is 5.75 Å². The van der Waals surface area contributed by atoms with Crippen LogP contribution in [0, 0.1) is 6.92 Å². The zero-order valence-electron chi connectivity index (χ0n) is 11.8. The van der Waals surface area contributed by atoms with E-state index < -0.39 is 0 Å². The molecule has 1 aromatic heterocycles. The van der Waals surface area contributed by atoms with Crippen molar-refractivity contribution in [2.24, 2.45) is 0 Å². The van der Waals surface area contributed by atoms with Crippen molar-refractivity contribution in [3.8, 4) is 5.75 Å². The number of rotatable bonds is 4. The van der Waals surface area contributed by atoms with Gasteiger partial charge in [-0.25, -0.2) is 4.98 Å². The van der Waals surface area contributed by atoms with Gasteiger partial charge in [0.15, 0.2) is 11.7 Å². The van der Waals surface area contributed by atoms with Crippen LogP contribution in [0.4, 0.5) is 5.13 Å². The summed E-state index contributed by atoms with van der Waals surface area (Å²) in [7, 11) is 0. The SMILES string of the molecule is Cc1cc(Cl)cc2sc(NC(=O)COc3ccccc3)nc12. The zero-order valence-corrected chi connectivity index (χ0v) is 13.4. The molecule has 2 aromatic carbocycles. The lowest BCUT2D eigenvalue weighted by Crippen LogP contribution is -2.19. The molecular weight excluding hydrogens is 320 g/mol. The minimum Gasteiger partial charge on any atom is -0.484 e. The van der Waals surface area contributed by atoms with Crippen LogP contribution in [0.2, 0.25) is 5.02 Å². The van der Waals surface area contributed by atoms with E-state index in [-0.39, 0.29) is 12.5 Å². The summed E-state index contributed by atoms with van der Waals surface area (Å²) in [4.78, 5) is 16.3. The number of ether oxygens (including phenoxy) is 1. The second kappa shape index (κ2) is 6.34. The van der Waals surface area contributed by atoms with E-state index >= 15 is 0 Å². The Morgan fingerprint density at radius 3 is 2.86 bits per heavy atom. The maximum atomic E-state index is 11.9. The van der Waals surface area contributed by atoms with Crippen LogP contribution in [0.3, 0.4) is 0 Å². The first kappa shape index (κ1) is 14.8. The van der Waals surface area contributed by atoms with Gasteiger partial charge in [0, 0.05) is 5.02 Å².